The molecule has 1 aliphatic carbocycles. The van der Waals surface area contributed by atoms with Crippen LogP contribution >= 0.6 is 0 Å². The number of aliphatic hydroxyl groups is 1. The number of ether oxygens (including phenoxy) is 1. The minimum atomic E-state index is -0.736. The van der Waals surface area contributed by atoms with Gasteiger partial charge in [-0.25, -0.2) is 0 Å². The number of aliphatic hydroxyl groups excluding tert-OH is 1. The molecule has 0 saturated carbocycles. The first-order valence-electron chi connectivity index (χ1n) is 5.58. The van der Waals surface area contributed by atoms with Gasteiger partial charge in [0.25, 0.3) is 0 Å². The molecule has 0 aliphatic heterocycles. The summed E-state index contributed by atoms with van der Waals surface area (Å²) in [6.07, 6.45) is 2.52. The van der Waals surface area contributed by atoms with Crippen LogP contribution < -0.4 is 0 Å². The fourth-order valence-corrected chi connectivity index (χ4v) is 2.31. The molecule has 0 heterocycles. The summed E-state index contributed by atoms with van der Waals surface area (Å²) in [5, 5.41) is 9.99. The van der Waals surface area contributed by atoms with Gasteiger partial charge in [-0.1, -0.05) is 18.2 Å². The van der Waals surface area contributed by atoms with Crippen LogP contribution in [0.5, 0.6) is 0 Å². The lowest BCUT2D eigenvalue weighted by atomic mass is 9.97. The molecule has 1 atom stereocenters. The molecule has 0 bridgehead atoms. The molecule has 0 saturated heterocycles. The minimum Gasteiger partial charge on any atom is -0.469 e. The summed E-state index contributed by atoms with van der Waals surface area (Å²) in [5.41, 5.74) is 3.42. The fourth-order valence-electron chi connectivity index (χ4n) is 2.31. The van der Waals surface area contributed by atoms with E-state index >= 15 is 0 Å². The van der Waals surface area contributed by atoms with Crippen molar-refractivity contribution in [3.8, 4) is 0 Å². The van der Waals surface area contributed by atoms with E-state index in [2.05, 4.69) is 10.8 Å². The lowest BCUT2D eigenvalue weighted by Gasteiger charge is -2.14. The molecule has 1 aliphatic rings. The number of aryl methyl sites for hydroxylation is 1. The Balaban J connectivity index is 2.20. The van der Waals surface area contributed by atoms with Crippen molar-refractivity contribution in [2.24, 2.45) is 0 Å². The number of hydrogen-bond donors (Lipinski definition) is 1. The smallest absolute Gasteiger partial charge is 0.308 e. The van der Waals surface area contributed by atoms with Gasteiger partial charge in [0.05, 0.1) is 19.6 Å². The highest BCUT2D eigenvalue weighted by atomic mass is 16.5. The van der Waals surface area contributed by atoms with E-state index in [-0.39, 0.29) is 12.4 Å². The second-order valence-corrected chi connectivity index (χ2v) is 4.13. The van der Waals surface area contributed by atoms with Crippen LogP contribution in [0.25, 0.3) is 0 Å². The van der Waals surface area contributed by atoms with Crippen LogP contribution in [-0.2, 0) is 22.4 Å². The highest BCUT2D eigenvalue weighted by molar-refractivity contribution is 5.70. The first-order valence-corrected chi connectivity index (χ1v) is 5.58. The van der Waals surface area contributed by atoms with E-state index in [1.165, 1.54) is 18.2 Å². The van der Waals surface area contributed by atoms with Gasteiger partial charge in [0, 0.05) is 0 Å². The molecule has 0 spiro atoms. The summed E-state index contributed by atoms with van der Waals surface area (Å²) in [7, 11) is 1.34. The predicted molar refractivity (Wildman–Crippen MR) is 60.1 cm³/mol. The van der Waals surface area contributed by atoms with Gasteiger partial charge in [-0.15, -0.1) is 0 Å². The summed E-state index contributed by atoms with van der Waals surface area (Å²) >= 11 is 0. The molecular weight excluding hydrogens is 204 g/mol. The van der Waals surface area contributed by atoms with Gasteiger partial charge in [-0.2, -0.15) is 0 Å². The van der Waals surface area contributed by atoms with Gasteiger partial charge in [0.1, 0.15) is 0 Å². The van der Waals surface area contributed by atoms with E-state index in [4.69, 9.17) is 0 Å². The molecule has 0 radical (unpaired) electrons. The van der Waals surface area contributed by atoms with Gasteiger partial charge in [-0.3, -0.25) is 4.79 Å². The van der Waals surface area contributed by atoms with Crippen molar-refractivity contribution >= 4 is 5.97 Å². The van der Waals surface area contributed by atoms with E-state index in [1.54, 1.807) is 0 Å². The monoisotopic (exact) mass is 220 g/mol. The Kier molecular flexibility index (Phi) is 3.25. The lowest BCUT2D eigenvalue weighted by Crippen LogP contribution is -2.09. The van der Waals surface area contributed by atoms with E-state index in [9.17, 15) is 9.90 Å². The first-order chi connectivity index (χ1) is 7.72. The van der Waals surface area contributed by atoms with Crippen molar-refractivity contribution in [1.29, 1.82) is 0 Å². The lowest BCUT2D eigenvalue weighted by molar-refractivity contribution is -0.142. The summed E-state index contributed by atoms with van der Waals surface area (Å²) in [4.78, 5) is 11.1. The van der Waals surface area contributed by atoms with E-state index in [1.807, 2.05) is 12.1 Å². The third kappa shape index (κ3) is 2.09. The first kappa shape index (κ1) is 11.1. The predicted octanol–water partition coefficient (Wildman–Crippen LogP) is 1.77. The maximum atomic E-state index is 11.1. The molecule has 2 rings (SSSR count). The molecule has 3 nitrogen and oxygen atoms in total. The maximum absolute atomic E-state index is 11.1. The number of benzene rings is 1. The second-order valence-electron chi connectivity index (χ2n) is 4.13. The van der Waals surface area contributed by atoms with Crippen LogP contribution in [0.3, 0.4) is 0 Å². The number of esters is 1. The normalized spacial score (nSPS) is 15.6. The van der Waals surface area contributed by atoms with Crippen molar-refractivity contribution in [3.63, 3.8) is 0 Å². The quantitative estimate of drug-likeness (QED) is 0.790. The number of carbonyl (C=O) groups is 1. The van der Waals surface area contributed by atoms with Crippen LogP contribution in [0.15, 0.2) is 18.2 Å². The molecule has 0 fully saturated rings. The number of fused-ring (bicyclic) bond motifs is 1. The number of hydrogen-bond acceptors (Lipinski definition) is 3. The maximum Gasteiger partial charge on any atom is 0.308 e. The minimum absolute atomic E-state index is 0.0347. The number of rotatable bonds is 3. The molecule has 1 aromatic rings. The number of methoxy groups -OCH3 is 1. The van der Waals surface area contributed by atoms with E-state index < -0.39 is 6.10 Å². The Bertz CT molecular complexity index is 398. The van der Waals surface area contributed by atoms with Crippen molar-refractivity contribution in [2.75, 3.05) is 7.11 Å². The zero-order chi connectivity index (χ0) is 11.5. The molecule has 1 N–H and O–H groups in total. The highest BCUT2D eigenvalue weighted by Crippen LogP contribution is 2.30. The second kappa shape index (κ2) is 4.66. The Morgan fingerprint density at radius 2 is 2.31 bits per heavy atom. The SMILES string of the molecule is COC(=O)C[C@@H](O)c1cccc2c1CCC2. The Labute approximate surface area is 95.0 Å². The van der Waals surface area contributed by atoms with Crippen LogP contribution in [0.2, 0.25) is 0 Å². The molecular formula is C13H16O3. The van der Waals surface area contributed by atoms with Gasteiger partial charge >= 0.3 is 5.97 Å². The number of carbonyl (C=O) groups excluding carboxylic acids is 1. The summed E-state index contributed by atoms with van der Waals surface area (Å²) < 4.78 is 4.56. The third-order valence-electron chi connectivity index (χ3n) is 3.13. The van der Waals surface area contributed by atoms with Gasteiger partial charge < -0.3 is 9.84 Å². The topological polar surface area (TPSA) is 46.5 Å². The molecule has 3 heteroatoms. The Morgan fingerprint density at radius 1 is 1.50 bits per heavy atom. The van der Waals surface area contributed by atoms with Crippen LogP contribution in [0.1, 0.15) is 35.6 Å². The molecule has 0 amide bonds. The van der Waals surface area contributed by atoms with Gasteiger partial charge in [0.2, 0.25) is 0 Å². The van der Waals surface area contributed by atoms with Gasteiger partial charge in [-0.05, 0) is 36.0 Å². The van der Waals surface area contributed by atoms with Crippen molar-refractivity contribution in [2.45, 2.75) is 31.8 Å². The highest BCUT2D eigenvalue weighted by Gasteiger charge is 2.20. The Morgan fingerprint density at radius 3 is 3.06 bits per heavy atom. The summed E-state index contributed by atoms with van der Waals surface area (Å²) in [6.45, 7) is 0. The largest absolute Gasteiger partial charge is 0.469 e. The zero-order valence-corrected chi connectivity index (χ0v) is 9.40. The van der Waals surface area contributed by atoms with Crippen LogP contribution in [0, 0.1) is 0 Å². The molecule has 16 heavy (non-hydrogen) atoms. The molecule has 0 aromatic heterocycles. The van der Waals surface area contributed by atoms with Crippen molar-refractivity contribution in [3.05, 3.63) is 34.9 Å². The van der Waals surface area contributed by atoms with Crippen LogP contribution in [0.4, 0.5) is 0 Å². The fraction of sp³-hybridized carbons (Fsp3) is 0.462. The van der Waals surface area contributed by atoms with Crippen molar-refractivity contribution < 1.29 is 14.6 Å². The third-order valence-corrected chi connectivity index (χ3v) is 3.13. The van der Waals surface area contributed by atoms with Crippen molar-refractivity contribution in [1.82, 2.24) is 0 Å². The summed E-state index contributed by atoms with van der Waals surface area (Å²) in [5.74, 6) is -0.372. The molecule has 0 unspecified atom stereocenters. The summed E-state index contributed by atoms with van der Waals surface area (Å²) in [6, 6.07) is 5.94. The van der Waals surface area contributed by atoms with E-state index in [0.717, 1.165) is 24.8 Å². The van der Waals surface area contributed by atoms with Crippen LogP contribution in [-0.4, -0.2) is 18.2 Å². The van der Waals surface area contributed by atoms with E-state index in [0.29, 0.717) is 0 Å². The Hall–Kier alpha value is -1.35. The standard InChI is InChI=1S/C13H16O3/c1-16-13(15)8-12(14)11-7-3-5-9-4-2-6-10(9)11/h3,5,7,12,14H,2,4,6,8H2,1H3/t12-/m1/s1. The average molecular weight is 220 g/mol. The van der Waals surface area contributed by atoms with Gasteiger partial charge in [0.15, 0.2) is 0 Å². The average Bonchev–Trinajstić information content (AvgIpc) is 2.76. The zero-order valence-electron chi connectivity index (χ0n) is 9.40. The molecule has 86 valence electrons. The molecule has 1 aromatic carbocycles.